The molecule has 0 aliphatic carbocycles. The first-order chi connectivity index (χ1) is 6.74. The van der Waals surface area contributed by atoms with E-state index < -0.39 is 0 Å². The first kappa shape index (κ1) is 9.49. The Bertz CT molecular complexity index is 462. The van der Waals surface area contributed by atoms with E-state index in [0.29, 0.717) is 5.15 Å². The molecule has 74 valence electrons. The number of aromatic nitrogens is 2. The minimum Gasteiger partial charge on any atom is -0.316 e. The third-order valence-corrected chi connectivity index (χ3v) is 2.68. The van der Waals surface area contributed by atoms with Crippen LogP contribution in [0.2, 0.25) is 5.15 Å². The molecule has 0 saturated carbocycles. The van der Waals surface area contributed by atoms with Gasteiger partial charge in [-0.1, -0.05) is 23.7 Å². The molecule has 1 aromatic carbocycles. The van der Waals surface area contributed by atoms with Crippen molar-refractivity contribution in [3.05, 3.63) is 28.9 Å². The van der Waals surface area contributed by atoms with E-state index in [0.717, 1.165) is 17.4 Å². The van der Waals surface area contributed by atoms with Crippen LogP contribution < -0.4 is 5.32 Å². The van der Waals surface area contributed by atoms with Gasteiger partial charge in [-0.3, -0.25) is 4.68 Å². The zero-order valence-electron chi connectivity index (χ0n) is 8.21. The number of benzene rings is 1. The maximum atomic E-state index is 6.16. The highest BCUT2D eigenvalue weighted by Crippen LogP contribution is 2.25. The van der Waals surface area contributed by atoms with Crippen LogP contribution in [-0.2, 0) is 13.6 Å². The van der Waals surface area contributed by atoms with Crippen LogP contribution in [0.1, 0.15) is 5.56 Å². The van der Waals surface area contributed by atoms with Crippen molar-refractivity contribution in [1.82, 2.24) is 15.1 Å². The second-order valence-electron chi connectivity index (χ2n) is 3.26. The Hall–Kier alpha value is -1.06. The maximum absolute atomic E-state index is 6.16. The Kier molecular flexibility index (Phi) is 2.44. The molecule has 14 heavy (non-hydrogen) atoms. The van der Waals surface area contributed by atoms with E-state index in [1.807, 2.05) is 26.2 Å². The van der Waals surface area contributed by atoms with E-state index in [1.54, 1.807) is 4.68 Å². The molecule has 4 heteroatoms. The molecular formula is C10H12ClN3. The molecule has 1 heterocycles. The van der Waals surface area contributed by atoms with Gasteiger partial charge in [0.1, 0.15) is 5.15 Å². The van der Waals surface area contributed by atoms with Crippen molar-refractivity contribution in [1.29, 1.82) is 0 Å². The summed E-state index contributed by atoms with van der Waals surface area (Å²) in [6.45, 7) is 0.808. The lowest BCUT2D eigenvalue weighted by Crippen LogP contribution is -2.05. The first-order valence-electron chi connectivity index (χ1n) is 4.48. The summed E-state index contributed by atoms with van der Waals surface area (Å²) in [5, 5.41) is 9.18. The summed E-state index contributed by atoms with van der Waals surface area (Å²) in [6, 6.07) is 6.03. The lowest BCUT2D eigenvalue weighted by Gasteiger charge is -2.01. The monoisotopic (exact) mass is 209 g/mol. The van der Waals surface area contributed by atoms with Gasteiger partial charge in [-0.2, -0.15) is 5.10 Å². The molecule has 0 radical (unpaired) electrons. The highest BCUT2D eigenvalue weighted by atomic mass is 35.5. The van der Waals surface area contributed by atoms with Crippen molar-refractivity contribution in [2.45, 2.75) is 6.54 Å². The highest BCUT2D eigenvalue weighted by Gasteiger charge is 2.09. The van der Waals surface area contributed by atoms with Crippen LogP contribution in [0.5, 0.6) is 0 Å². The van der Waals surface area contributed by atoms with E-state index in [4.69, 9.17) is 11.6 Å². The predicted molar refractivity (Wildman–Crippen MR) is 58.5 cm³/mol. The predicted octanol–water partition coefficient (Wildman–Crippen LogP) is 1.95. The molecule has 0 aliphatic rings. The zero-order valence-corrected chi connectivity index (χ0v) is 8.97. The summed E-state index contributed by atoms with van der Waals surface area (Å²) in [7, 11) is 3.77. The molecule has 3 nitrogen and oxygen atoms in total. The summed E-state index contributed by atoms with van der Waals surface area (Å²) in [6.07, 6.45) is 0. The van der Waals surface area contributed by atoms with Crippen molar-refractivity contribution in [3.8, 4) is 0 Å². The number of nitrogens with one attached hydrogen (secondary N) is 1. The van der Waals surface area contributed by atoms with Gasteiger partial charge in [0.05, 0.1) is 5.52 Å². The third-order valence-electron chi connectivity index (χ3n) is 2.24. The molecular weight excluding hydrogens is 198 g/mol. The third kappa shape index (κ3) is 1.38. The average Bonchev–Trinajstić information content (AvgIpc) is 2.45. The van der Waals surface area contributed by atoms with E-state index in [2.05, 4.69) is 16.5 Å². The molecule has 2 aromatic rings. The Morgan fingerprint density at radius 1 is 1.50 bits per heavy atom. The van der Waals surface area contributed by atoms with Crippen molar-refractivity contribution in [2.24, 2.45) is 7.05 Å². The molecule has 0 aliphatic heterocycles. The van der Waals surface area contributed by atoms with Gasteiger partial charge in [-0.05, 0) is 18.7 Å². The molecule has 1 aromatic heterocycles. The Balaban J connectivity index is 2.71. The van der Waals surface area contributed by atoms with Crippen LogP contribution in [0.3, 0.4) is 0 Å². The van der Waals surface area contributed by atoms with Crippen LogP contribution in [0.25, 0.3) is 10.9 Å². The van der Waals surface area contributed by atoms with Crippen molar-refractivity contribution >= 4 is 22.5 Å². The topological polar surface area (TPSA) is 29.9 Å². The van der Waals surface area contributed by atoms with Crippen molar-refractivity contribution in [3.63, 3.8) is 0 Å². The van der Waals surface area contributed by atoms with E-state index in [-0.39, 0.29) is 0 Å². The zero-order chi connectivity index (χ0) is 10.1. The highest BCUT2D eigenvalue weighted by molar-refractivity contribution is 6.34. The summed E-state index contributed by atoms with van der Waals surface area (Å²) >= 11 is 6.16. The second-order valence-corrected chi connectivity index (χ2v) is 3.61. The summed E-state index contributed by atoms with van der Waals surface area (Å²) in [5.74, 6) is 0. The fourth-order valence-electron chi connectivity index (χ4n) is 1.61. The van der Waals surface area contributed by atoms with E-state index >= 15 is 0 Å². The Labute approximate surface area is 87.7 Å². The number of rotatable bonds is 2. The molecule has 2 rings (SSSR count). The Morgan fingerprint density at radius 2 is 2.29 bits per heavy atom. The standard InChI is InChI=1S/C10H12ClN3/c1-12-6-7-4-3-5-8-9(7)10(11)14(2)13-8/h3-5,12H,6H2,1-2H3. The number of hydrogen-bond acceptors (Lipinski definition) is 2. The minimum absolute atomic E-state index is 0.700. The van der Waals surface area contributed by atoms with Gasteiger partial charge in [0.25, 0.3) is 0 Å². The smallest absolute Gasteiger partial charge is 0.134 e. The van der Waals surface area contributed by atoms with Gasteiger partial charge in [-0.15, -0.1) is 0 Å². The normalized spacial score (nSPS) is 11.1. The number of halogens is 1. The first-order valence-corrected chi connectivity index (χ1v) is 4.86. The van der Waals surface area contributed by atoms with Crippen molar-refractivity contribution < 1.29 is 0 Å². The summed E-state index contributed by atoms with van der Waals surface area (Å²) < 4.78 is 1.70. The molecule has 0 spiro atoms. The quantitative estimate of drug-likeness (QED) is 0.820. The number of hydrogen-bond donors (Lipinski definition) is 1. The average molecular weight is 210 g/mol. The number of fused-ring (bicyclic) bond motifs is 1. The molecule has 0 fully saturated rings. The second kappa shape index (κ2) is 3.59. The van der Waals surface area contributed by atoms with Crippen LogP contribution in [-0.4, -0.2) is 16.8 Å². The lowest BCUT2D eigenvalue weighted by atomic mass is 10.1. The summed E-state index contributed by atoms with van der Waals surface area (Å²) in [4.78, 5) is 0. The van der Waals surface area contributed by atoms with Crippen LogP contribution in [0.4, 0.5) is 0 Å². The van der Waals surface area contributed by atoms with E-state index in [1.165, 1.54) is 5.56 Å². The fraction of sp³-hybridized carbons (Fsp3) is 0.300. The van der Waals surface area contributed by atoms with Gasteiger partial charge < -0.3 is 5.32 Å². The number of nitrogens with zero attached hydrogens (tertiary/aromatic N) is 2. The van der Waals surface area contributed by atoms with Gasteiger partial charge in [0.2, 0.25) is 0 Å². The van der Waals surface area contributed by atoms with Crippen LogP contribution in [0, 0.1) is 0 Å². The van der Waals surface area contributed by atoms with Gasteiger partial charge in [0, 0.05) is 19.0 Å². The van der Waals surface area contributed by atoms with Crippen LogP contribution in [0.15, 0.2) is 18.2 Å². The molecule has 0 amide bonds. The van der Waals surface area contributed by atoms with Crippen molar-refractivity contribution in [2.75, 3.05) is 7.05 Å². The summed E-state index contributed by atoms with van der Waals surface area (Å²) in [5.41, 5.74) is 2.13. The fourth-order valence-corrected chi connectivity index (χ4v) is 1.87. The largest absolute Gasteiger partial charge is 0.316 e. The van der Waals surface area contributed by atoms with Crippen LogP contribution >= 0.6 is 11.6 Å². The SMILES string of the molecule is CNCc1cccc2nn(C)c(Cl)c12. The molecule has 0 atom stereocenters. The van der Waals surface area contributed by atoms with E-state index in [9.17, 15) is 0 Å². The van der Waals surface area contributed by atoms with Gasteiger partial charge in [0.15, 0.2) is 0 Å². The van der Waals surface area contributed by atoms with Gasteiger partial charge in [-0.25, -0.2) is 0 Å². The molecule has 0 bridgehead atoms. The molecule has 0 unspecified atom stereocenters. The minimum atomic E-state index is 0.700. The molecule has 0 saturated heterocycles. The lowest BCUT2D eigenvalue weighted by molar-refractivity contribution is 0.780. The maximum Gasteiger partial charge on any atom is 0.134 e. The Morgan fingerprint density at radius 3 is 3.00 bits per heavy atom. The van der Waals surface area contributed by atoms with Gasteiger partial charge >= 0.3 is 0 Å². The number of aryl methyl sites for hydroxylation is 1. The molecule has 1 N–H and O–H groups in total.